The van der Waals surface area contributed by atoms with E-state index in [1.807, 2.05) is 6.92 Å². The molecule has 0 N–H and O–H groups in total. The van der Waals surface area contributed by atoms with E-state index in [2.05, 4.69) is 0 Å². The molecular weight excluding hydrogens is 256 g/mol. The van der Waals surface area contributed by atoms with Crippen molar-refractivity contribution in [2.24, 2.45) is 5.92 Å². The molecule has 4 nitrogen and oxygen atoms in total. The van der Waals surface area contributed by atoms with Gasteiger partial charge >= 0.3 is 11.9 Å². The van der Waals surface area contributed by atoms with Crippen molar-refractivity contribution in [3.8, 4) is 0 Å². The quantitative estimate of drug-likeness (QED) is 0.530. The minimum absolute atomic E-state index is 0.153. The highest BCUT2D eigenvalue weighted by atomic mass is 16.5. The Bertz CT molecular complexity index is 365. The Morgan fingerprint density at radius 3 is 2.00 bits per heavy atom. The molecule has 1 aliphatic carbocycles. The van der Waals surface area contributed by atoms with Gasteiger partial charge in [0.05, 0.1) is 18.8 Å². The lowest BCUT2D eigenvalue weighted by Crippen LogP contribution is -2.21. The molecule has 0 aromatic rings. The summed E-state index contributed by atoms with van der Waals surface area (Å²) in [7, 11) is 0. The highest BCUT2D eigenvalue weighted by Crippen LogP contribution is 2.34. The highest BCUT2D eigenvalue weighted by Gasteiger charge is 2.31. The second kappa shape index (κ2) is 8.77. The first kappa shape index (κ1) is 16.7. The van der Waals surface area contributed by atoms with E-state index in [1.165, 1.54) is 0 Å². The SMILES string of the molecule is CCCC(C(=O)OCC)=C(C(=O)OCC)C1CCCC1. The maximum atomic E-state index is 12.3. The number of hydrogen-bond acceptors (Lipinski definition) is 4. The van der Waals surface area contributed by atoms with Gasteiger partial charge in [-0.05, 0) is 39.0 Å². The van der Waals surface area contributed by atoms with Crippen LogP contribution in [0.4, 0.5) is 0 Å². The molecule has 1 rings (SSSR count). The van der Waals surface area contributed by atoms with Crippen molar-refractivity contribution in [2.45, 2.75) is 59.3 Å². The molecule has 1 saturated carbocycles. The summed E-state index contributed by atoms with van der Waals surface area (Å²) in [4.78, 5) is 24.4. The molecule has 0 saturated heterocycles. The Kier molecular flexibility index (Phi) is 7.34. The monoisotopic (exact) mass is 282 g/mol. The zero-order valence-electron chi connectivity index (χ0n) is 12.9. The summed E-state index contributed by atoms with van der Waals surface area (Å²) in [6.45, 7) is 6.22. The summed E-state index contributed by atoms with van der Waals surface area (Å²) >= 11 is 0. The van der Waals surface area contributed by atoms with Gasteiger partial charge in [-0.3, -0.25) is 0 Å². The molecule has 0 aliphatic heterocycles. The molecule has 0 spiro atoms. The van der Waals surface area contributed by atoms with E-state index in [1.54, 1.807) is 13.8 Å². The molecule has 0 heterocycles. The van der Waals surface area contributed by atoms with E-state index in [9.17, 15) is 9.59 Å². The van der Waals surface area contributed by atoms with Crippen LogP contribution in [0.15, 0.2) is 11.1 Å². The van der Waals surface area contributed by atoms with Gasteiger partial charge in [-0.25, -0.2) is 9.59 Å². The second-order valence-electron chi connectivity index (χ2n) is 5.06. The molecule has 20 heavy (non-hydrogen) atoms. The molecule has 114 valence electrons. The number of esters is 2. The third-order valence-corrected chi connectivity index (χ3v) is 3.61. The van der Waals surface area contributed by atoms with Crippen LogP contribution in [0.2, 0.25) is 0 Å². The number of rotatable bonds is 7. The largest absolute Gasteiger partial charge is 0.463 e. The molecule has 0 radical (unpaired) electrons. The number of ether oxygens (including phenoxy) is 2. The van der Waals surface area contributed by atoms with Crippen LogP contribution >= 0.6 is 0 Å². The smallest absolute Gasteiger partial charge is 0.334 e. The van der Waals surface area contributed by atoms with Crippen molar-refractivity contribution < 1.29 is 19.1 Å². The Labute approximate surface area is 121 Å². The summed E-state index contributed by atoms with van der Waals surface area (Å²) in [5.74, 6) is -0.541. The predicted octanol–water partition coefficient (Wildman–Crippen LogP) is 3.40. The van der Waals surface area contributed by atoms with Crippen LogP contribution in [0, 0.1) is 5.92 Å². The fraction of sp³-hybridized carbons (Fsp3) is 0.750. The third-order valence-electron chi connectivity index (χ3n) is 3.61. The van der Waals surface area contributed by atoms with Crippen LogP contribution in [-0.2, 0) is 19.1 Å². The maximum Gasteiger partial charge on any atom is 0.334 e. The molecule has 0 aromatic carbocycles. The molecule has 0 amide bonds. The van der Waals surface area contributed by atoms with E-state index in [0.29, 0.717) is 30.8 Å². The maximum absolute atomic E-state index is 12.3. The van der Waals surface area contributed by atoms with E-state index >= 15 is 0 Å². The minimum atomic E-state index is -0.357. The van der Waals surface area contributed by atoms with Crippen LogP contribution in [-0.4, -0.2) is 25.2 Å². The van der Waals surface area contributed by atoms with Gasteiger partial charge in [0.25, 0.3) is 0 Å². The average molecular weight is 282 g/mol. The van der Waals surface area contributed by atoms with Crippen molar-refractivity contribution in [2.75, 3.05) is 13.2 Å². The fourth-order valence-corrected chi connectivity index (χ4v) is 2.77. The molecule has 1 fully saturated rings. The molecule has 0 atom stereocenters. The fourth-order valence-electron chi connectivity index (χ4n) is 2.77. The number of carbonyl (C=O) groups is 2. The summed E-state index contributed by atoms with van der Waals surface area (Å²) < 4.78 is 10.3. The molecular formula is C16H26O4. The van der Waals surface area contributed by atoms with Crippen molar-refractivity contribution in [3.05, 3.63) is 11.1 Å². The normalized spacial score (nSPS) is 16.8. The average Bonchev–Trinajstić information content (AvgIpc) is 2.92. The Morgan fingerprint density at radius 1 is 0.950 bits per heavy atom. The summed E-state index contributed by atoms with van der Waals surface area (Å²) in [6.07, 6.45) is 5.51. The van der Waals surface area contributed by atoms with Gasteiger partial charge in [0, 0.05) is 5.57 Å². The summed E-state index contributed by atoms with van der Waals surface area (Å²) in [5, 5.41) is 0. The van der Waals surface area contributed by atoms with Gasteiger partial charge in [-0.15, -0.1) is 0 Å². The van der Waals surface area contributed by atoms with E-state index in [0.717, 1.165) is 32.1 Å². The van der Waals surface area contributed by atoms with Gasteiger partial charge in [0.1, 0.15) is 0 Å². The van der Waals surface area contributed by atoms with Crippen molar-refractivity contribution in [1.29, 1.82) is 0 Å². The first-order chi connectivity index (χ1) is 9.65. The van der Waals surface area contributed by atoms with Crippen LogP contribution in [0.3, 0.4) is 0 Å². The zero-order chi connectivity index (χ0) is 15.0. The Balaban J connectivity index is 3.13. The van der Waals surface area contributed by atoms with Crippen molar-refractivity contribution in [3.63, 3.8) is 0 Å². The molecule has 0 bridgehead atoms. The summed E-state index contributed by atoms with van der Waals surface area (Å²) in [6, 6.07) is 0. The molecule has 0 aromatic heterocycles. The van der Waals surface area contributed by atoms with Crippen LogP contribution < -0.4 is 0 Å². The molecule has 1 aliphatic rings. The third kappa shape index (κ3) is 4.36. The number of carbonyl (C=O) groups excluding carboxylic acids is 2. The first-order valence-corrected chi connectivity index (χ1v) is 7.72. The first-order valence-electron chi connectivity index (χ1n) is 7.72. The van der Waals surface area contributed by atoms with E-state index in [4.69, 9.17) is 9.47 Å². The lowest BCUT2D eigenvalue weighted by atomic mass is 9.90. The van der Waals surface area contributed by atoms with E-state index in [-0.39, 0.29) is 17.9 Å². The Morgan fingerprint density at radius 2 is 1.50 bits per heavy atom. The van der Waals surface area contributed by atoms with Gasteiger partial charge in [0.15, 0.2) is 0 Å². The summed E-state index contributed by atoms with van der Waals surface area (Å²) in [5.41, 5.74) is 1.10. The van der Waals surface area contributed by atoms with Crippen LogP contribution in [0.5, 0.6) is 0 Å². The number of hydrogen-bond donors (Lipinski definition) is 0. The van der Waals surface area contributed by atoms with Gasteiger partial charge in [-0.2, -0.15) is 0 Å². The molecule has 0 unspecified atom stereocenters. The van der Waals surface area contributed by atoms with Gasteiger partial charge in [0.2, 0.25) is 0 Å². The van der Waals surface area contributed by atoms with Crippen molar-refractivity contribution >= 4 is 11.9 Å². The molecule has 4 heteroatoms. The minimum Gasteiger partial charge on any atom is -0.463 e. The van der Waals surface area contributed by atoms with Crippen LogP contribution in [0.1, 0.15) is 59.3 Å². The lowest BCUT2D eigenvalue weighted by molar-refractivity contribution is -0.142. The Hall–Kier alpha value is -1.32. The van der Waals surface area contributed by atoms with Gasteiger partial charge in [-0.1, -0.05) is 26.2 Å². The van der Waals surface area contributed by atoms with Crippen molar-refractivity contribution in [1.82, 2.24) is 0 Å². The topological polar surface area (TPSA) is 52.6 Å². The standard InChI is InChI=1S/C16H26O4/c1-4-9-13(15(17)19-5-2)14(16(18)20-6-3)12-10-7-8-11-12/h12H,4-11H2,1-3H3. The van der Waals surface area contributed by atoms with E-state index < -0.39 is 0 Å². The van der Waals surface area contributed by atoms with Gasteiger partial charge < -0.3 is 9.47 Å². The second-order valence-corrected chi connectivity index (χ2v) is 5.06. The zero-order valence-corrected chi connectivity index (χ0v) is 12.9. The predicted molar refractivity (Wildman–Crippen MR) is 77.2 cm³/mol. The highest BCUT2D eigenvalue weighted by molar-refractivity contribution is 6.00. The van der Waals surface area contributed by atoms with Crippen LogP contribution in [0.25, 0.3) is 0 Å². The lowest BCUT2D eigenvalue weighted by Gasteiger charge is -2.18.